The van der Waals surface area contributed by atoms with E-state index in [1.54, 1.807) is 0 Å². The maximum absolute atomic E-state index is 9.51. The van der Waals surface area contributed by atoms with Crippen LogP contribution < -0.4 is 0 Å². The molecule has 1 N–H and O–H groups in total. The maximum Gasteiger partial charge on any atom is 0.153 e. The lowest BCUT2D eigenvalue weighted by Crippen LogP contribution is -2.49. The van der Waals surface area contributed by atoms with Gasteiger partial charge in [0.05, 0.1) is 6.34 Å². The number of rotatable bonds is 2. The van der Waals surface area contributed by atoms with Crippen molar-refractivity contribution in [2.45, 2.75) is 43.9 Å². The van der Waals surface area contributed by atoms with E-state index in [0.29, 0.717) is 17.1 Å². The predicted octanol–water partition coefficient (Wildman–Crippen LogP) is 1.26. The Hall–Kier alpha value is -0.940. The van der Waals surface area contributed by atoms with Crippen molar-refractivity contribution < 1.29 is 5.11 Å². The first-order chi connectivity index (χ1) is 8.81. The Morgan fingerprint density at radius 1 is 1.33 bits per heavy atom. The Kier molecular flexibility index (Phi) is 3.35. The van der Waals surface area contributed by atoms with Gasteiger partial charge in [-0.1, -0.05) is 24.4 Å². The molecule has 0 aromatic rings. The molecule has 0 saturated heterocycles. The van der Waals surface area contributed by atoms with Crippen molar-refractivity contribution in [1.82, 2.24) is 4.90 Å². The third-order valence-electron chi connectivity index (χ3n) is 4.08. The van der Waals surface area contributed by atoms with Gasteiger partial charge in [0.1, 0.15) is 17.6 Å². The van der Waals surface area contributed by atoms with Gasteiger partial charge in [0.15, 0.2) is 6.17 Å². The van der Waals surface area contributed by atoms with Gasteiger partial charge in [-0.15, -0.1) is 0 Å². The molecule has 0 spiro atoms. The van der Waals surface area contributed by atoms with E-state index >= 15 is 0 Å². The quantitative estimate of drug-likeness (QED) is 0.820. The van der Waals surface area contributed by atoms with Crippen LogP contribution in [0.15, 0.2) is 15.0 Å². The highest BCUT2D eigenvalue weighted by Gasteiger charge is 2.41. The molecule has 0 amide bonds. The lowest BCUT2D eigenvalue weighted by molar-refractivity contribution is 0.0941. The number of aliphatic hydroxyl groups is 1. The fourth-order valence-electron chi connectivity index (χ4n) is 3.11. The standard InChI is InChI=1S/C12H17ClN4O/c13-11-10-12(15-6-14-11)17(7-16-10)9-4-2-1-3-8(9)5-18/h6-10,12,18H,1-5H2/t8-,9-,10?,12?/m0/s1. The summed E-state index contributed by atoms with van der Waals surface area (Å²) in [5.74, 6) is 0.316. The summed E-state index contributed by atoms with van der Waals surface area (Å²) < 4.78 is 0. The second-order valence-electron chi connectivity index (χ2n) is 5.08. The first kappa shape index (κ1) is 12.1. The number of fused-ring (bicyclic) bond motifs is 1. The minimum Gasteiger partial charge on any atom is -0.396 e. The molecule has 2 unspecified atom stereocenters. The third kappa shape index (κ3) is 1.95. The number of aliphatic hydroxyl groups excluding tert-OH is 1. The van der Waals surface area contributed by atoms with E-state index in [2.05, 4.69) is 19.9 Å². The second kappa shape index (κ2) is 4.97. The van der Waals surface area contributed by atoms with E-state index in [0.717, 1.165) is 12.8 Å². The van der Waals surface area contributed by atoms with Crippen molar-refractivity contribution in [1.29, 1.82) is 0 Å². The normalized spacial score (nSPS) is 38.8. The first-order valence-electron chi connectivity index (χ1n) is 6.47. The van der Waals surface area contributed by atoms with Gasteiger partial charge < -0.3 is 10.0 Å². The summed E-state index contributed by atoms with van der Waals surface area (Å²) in [6, 6.07) is 0.167. The molecule has 4 atom stereocenters. The molecule has 18 heavy (non-hydrogen) atoms. The zero-order valence-corrected chi connectivity index (χ0v) is 10.9. The Labute approximate surface area is 111 Å². The molecule has 5 nitrogen and oxygen atoms in total. The first-order valence-corrected chi connectivity index (χ1v) is 6.85. The number of hydrogen-bond donors (Lipinski definition) is 1. The van der Waals surface area contributed by atoms with Crippen LogP contribution in [0.5, 0.6) is 0 Å². The Bertz CT molecular complexity index is 409. The number of nitrogens with zero attached hydrogens (tertiary/aromatic N) is 4. The summed E-state index contributed by atoms with van der Waals surface area (Å²) in [6.45, 7) is 0.234. The molecule has 3 aliphatic rings. The van der Waals surface area contributed by atoms with Gasteiger partial charge in [-0.25, -0.2) is 9.98 Å². The van der Waals surface area contributed by atoms with E-state index in [1.165, 1.54) is 19.2 Å². The molecular weight excluding hydrogens is 252 g/mol. The molecule has 2 aliphatic heterocycles. The van der Waals surface area contributed by atoms with Crippen molar-refractivity contribution in [3.63, 3.8) is 0 Å². The van der Waals surface area contributed by atoms with Crippen molar-refractivity contribution in [3.8, 4) is 0 Å². The zero-order valence-electron chi connectivity index (χ0n) is 10.1. The van der Waals surface area contributed by atoms with Crippen LogP contribution >= 0.6 is 11.6 Å². The van der Waals surface area contributed by atoms with Gasteiger partial charge >= 0.3 is 0 Å². The average molecular weight is 269 g/mol. The summed E-state index contributed by atoms with van der Waals surface area (Å²) in [6.07, 6.45) is 7.86. The molecule has 1 aliphatic carbocycles. The smallest absolute Gasteiger partial charge is 0.153 e. The summed E-state index contributed by atoms with van der Waals surface area (Å²) in [4.78, 5) is 15.0. The van der Waals surface area contributed by atoms with Crippen LogP contribution in [0.4, 0.5) is 0 Å². The van der Waals surface area contributed by atoms with E-state index in [9.17, 15) is 5.11 Å². The SMILES string of the molecule is OC[C@@H]1CCCC[C@@H]1N1C=NC2C(Cl)=NC=NC21. The largest absolute Gasteiger partial charge is 0.396 e. The van der Waals surface area contributed by atoms with Crippen LogP contribution in [0.3, 0.4) is 0 Å². The average Bonchev–Trinajstić information content (AvgIpc) is 2.84. The summed E-state index contributed by atoms with van der Waals surface area (Å²) >= 11 is 6.06. The van der Waals surface area contributed by atoms with Gasteiger partial charge in [-0.05, 0) is 12.8 Å². The molecule has 1 fully saturated rings. The van der Waals surface area contributed by atoms with Crippen molar-refractivity contribution in [2.24, 2.45) is 20.9 Å². The highest BCUT2D eigenvalue weighted by Crippen LogP contribution is 2.32. The topological polar surface area (TPSA) is 60.5 Å². The number of halogens is 1. The molecule has 2 heterocycles. The Balaban J connectivity index is 1.79. The highest BCUT2D eigenvalue weighted by molar-refractivity contribution is 6.67. The molecule has 6 heteroatoms. The van der Waals surface area contributed by atoms with Gasteiger partial charge in [0, 0.05) is 18.6 Å². The summed E-state index contributed by atoms with van der Waals surface area (Å²) in [5.41, 5.74) is 0. The van der Waals surface area contributed by atoms with Gasteiger partial charge in [-0.2, -0.15) is 0 Å². The molecule has 0 aromatic carbocycles. The van der Waals surface area contributed by atoms with E-state index < -0.39 is 0 Å². The number of hydrogen-bond acceptors (Lipinski definition) is 5. The molecule has 0 bridgehead atoms. The van der Waals surface area contributed by atoms with Gasteiger partial charge in [0.25, 0.3) is 0 Å². The lowest BCUT2D eigenvalue weighted by Gasteiger charge is -2.39. The molecule has 3 rings (SSSR count). The zero-order chi connectivity index (χ0) is 12.5. The molecular formula is C12H17ClN4O. The van der Waals surface area contributed by atoms with E-state index in [4.69, 9.17) is 11.6 Å². The van der Waals surface area contributed by atoms with Crippen LogP contribution in [-0.4, -0.2) is 52.7 Å². The van der Waals surface area contributed by atoms with Crippen LogP contribution in [0, 0.1) is 5.92 Å². The third-order valence-corrected chi connectivity index (χ3v) is 4.40. The van der Waals surface area contributed by atoms with Crippen LogP contribution in [-0.2, 0) is 0 Å². The Morgan fingerprint density at radius 3 is 3.00 bits per heavy atom. The van der Waals surface area contributed by atoms with E-state index in [1.807, 2.05) is 6.34 Å². The predicted molar refractivity (Wildman–Crippen MR) is 72.5 cm³/mol. The monoisotopic (exact) mass is 268 g/mol. The summed E-state index contributed by atoms with van der Waals surface area (Å²) in [7, 11) is 0. The lowest BCUT2D eigenvalue weighted by atomic mass is 9.84. The van der Waals surface area contributed by atoms with Crippen LogP contribution in [0.2, 0.25) is 0 Å². The van der Waals surface area contributed by atoms with Crippen LogP contribution in [0.25, 0.3) is 0 Å². The maximum atomic E-state index is 9.51. The highest BCUT2D eigenvalue weighted by atomic mass is 35.5. The minimum atomic E-state index is -0.155. The van der Waals surface area contributed by atoms with Crippen molar-refractivity contribution in [3.05, 3.63) is 0 Å². The van der Waals surface area contributed by atoms with Gasteiger partial charge in [0.2, 0.25) is 0 Å². The molecule has 0 radical (unpaired) electrons. The Morgan fingerprint density at radius 2 is 2.17 bits per heavy atom. The summed E-state index contributed by atoms with van der Waals surface area (Å²) in [5, 5.41) is 10.0. The fraction of sp³-hybridized carbons (Fsp3) is 0.750. The second-order valence-corrected chi connectivity index (χ2v) is 5.47. The minimum absolute atomic E-state index is 0.0628. The molecule has 1 saturated carbocycles. The molecule has 98 valence electrons. The van der Waals surface area contributed by atoms with Gasteiger partial charge in [-0.3, -0.25) is 4.99 Å². The van der Waals surface area contributed by atoms with Crippen molar-refractivity contribution in [2.75, 3.05) is 6.61 Å². The van der Waals surface area contributed by atoms with Crippen molar-refractivity contribution >= 4 is 29.4 Å². The fourth-order valence-corrected chi connectivity index (χ4v) is 3.32. The van der Waals surface area contributed by atoms with Crippen LogP contribution in [0.1, 0.15) is 25.7 Å². The molecule has 0 aromatic heterocycles. The number of aliphatic imine (C=N–C) groups is 3. The van der Waals surface area contributed by atoms with E-state index in [-0.39, 0.29) is 18.8 Å².